The molecule has 0 fully saturated rings. The molecule has 2 rings (SSSR count). The Morgan fingerprint density at radius 1 is 1.33 bits per heavy atom. The molecule has 0 bridgehead atoms. The van der Waals surface area contributed by atoms with Gasteiger partial charge in [-0.25, -0.2) is 4.39 Å². The summed E-state index contributed by atoms with van der Waals surface area (Å²) in [6.07, 6.45) is 0. The molecule has 0 saturated heterocycles. The summed E-state index contributed by atoms with van der Waals surface area (Å²) in [4.78, 5) is 1.10. The Labute approximate surface area is 114 Å². The van der Waals surface area contributed by atoms with E-state index < -0.39 is 5.82 Å². The third-order valence-corrected chi connectivity index (χ3v) is 3.62. The molecule has 92 valence electrons. The maximum Gasteiger partial charge on any atom is 0.141 e. The number of hydrogen-bond donors (Lipinski definition) is 1. The summed E-state index contributed by atoms with van der Waals surface area (Å²) in [6.45, 7) is 1.29. The molecule has 0 amide bonds. The van der Waals surface area contributed by atoms with Crippen molar-refractivity contribution in [1.29, 1.82) is 5.26 Å². The van der Waals surface area contributed by atoms with Crippen molar-refractivity contribution in [2.45, 2.75) is 13.1 Å². The van der Waals surface area contributed by atoms with Crippen molar-refractivity contribution in [2.75, 3.05) is 0 Å². The standard InChI is InChI=1S/C13H10ClFN2S/c14-12-4-9(1-2-13(12)15)6-17-7-11-3-10(5-16)8-18-11/h1-4,8,17H,6-7H2. The zero-order valence-corrected chi connectivity index (χ0v) is 11.0. The summed E-state index contributed by atoms with van der Waals surface area (Å²) in [5, 5.41) is 13.9. The van der Waals surface area contributed by atoms with E-state index in [1.54, 1.807) is 23.5 Å². The molecule has 2 aromatic rings. The van der Waals surface area contributed by atoms with Gasteiger partial charge in [-0.15, -0.1) is 11.3 Å². The number of halogens is 2. The SMILES string of the molecule is N#Cc1csc(CNCc2ccc(F)c(Cl)c2)c1. The van der Waals surface area contributed by atoms with Crippen molar-refractivity contribution in [3.05, 3.63) is 56.5 Å². The van der Waals surface area contributed by atoms with E-state index in [4.69, 9.17) is 16.9 Å². The number of nitrogens with one attached hydrogen (secondary N) is 1. The van der Waals surface area contributed by atoms with Gasteiger partial charge in [-0.2, -0.15) is 5.26 Å². The first-order chi connectivity index (χ1) is 8.69. The first-order valence-corrected chi connectivity index (χ1v) is 6.57. The van der Waals surface area contributed by atoms with Gasteiger partial charge in [0, 0.05) is 23.3 Å². The molecule has 1 heterocycles. The molecule has 1 N–H and O–H groups in total. The van der Waals surface area contributed by atoms with Crippen LogP contribution in [-0.4, -0.2) is 0 Å². The zero-order chi connectivity index (χ0) is 13.0. The first kappa shape index (κ1) is 13.0. The molecule has 0 atom stereocenters. The van der Waals surface area contributed by atoms with E-state index in [-0.39, 0.29) is 5.02 Å². The topological polar surface area (TPSA) is 35.8 Å². The summed E-state index contributed by atoms with van der Waals surface area (Å²) < 4.78 is 12.9. The molecule has 0 saturated carbocycles. The Bertz CT molecular complexity index is 589. The van der Waals surface area contributed by atoms with Gasteiger partial charge in [0.05, 0.1) is 10.6 Å². The number of rotatable bonds is 4. The fourth-order valence-electron chi connectivity index (χ4n) is 1.51. The molecule has 0 unspecified atom stereocenters. The van der Waals surface area contributed by atoms with Crippen LogP contribution in [0.2, 0.25) is 5.02 Å². The average molecular weight is 281 g/mol. The van der Waals surface area contributed by atoms with Crippen molar-refractivity contribution in [3.8, 4) is 6.07 Å². The number of nitrogens with zero attached hydrogens (tertiary/aromatic N) is 1. The Balaban J connectivity index is 1.88. The minimum Gasteiger partial charge on any atom is -0.308 e. The third-order valence-electron chi connectivity index (χ3n) is 2.40. The molecule has 1 aromatic carbocycles. The molecule has 2 nitrogen and oxygen atoms in total. The van der Waals surface area contributed by atoms with E-state index in [9.17, 15) is 4.39 Å². The lowest BCUT2D eigenvalue weighted by Crippen LogP contribution is -2.11. The summed E-state index contributed by atoms with van der Waals surface area (Å²) in [5.41, 5.74) is 1.61. The Kier molecular flexibility index (Phi) is 4.32. The van der Waals surface area contributed by atoms with Crippen molar-refractivity contribution in [1.82, 2.24) is 5.32 Å². The molecule has 0 radical (unpaired) electrons. The van der Waals surface area contributed by atoms with Gasteiger partial charge >= 0.3 is 0 Å². The minimum atomic E-state index is -0.405. The second-order valence-electron chi connectivity index (χ2n) is 3.77. The molecule has 0 aliphatic rings. The van der Waals surface area contributed by atoms with Crippen LogP contribution in [0.3, 0.4) is 0 Å². The maximum absolute atomic E-state index is 12.9. The monoisotopic (exact) mass is 280 g/mol. The van der Waals surface area contributed by atoms with Crippen LogP contribution in [0, 0.1) is 17.1 Å². The highest BCUT2D eigenvalue weighted by molar-refractivity contribution is 7.10. The zero-order valence-electron chi connectivity index (χ0n) is 9.41. The van der Waals surface area contributed by atoms with Gasteiger partial charge in [0.15, 0.2) is 0 Å². The smallest absolute Gasteiger partial charge is 0.141 e. The van der Waals surface area contributed by atoms with Gasteiger partial charge in [0.25, 0.3) is 0 Å². The summed E-state index contributed by atoms with van der Waals surface area (Å²) in [5.74, 6) is -0.405. The maximum atomic E-state index is 12.9. The lowest BCUT2D eigenvalue weighted by Gasteiger charge is -2.04. The first-order valence-electron chi connectivity index (χ1n) is 5.31. The summed E-state index contributed by atoms with van der Waals surface area (Å²) >= 11 is 7.24. The molecule has 5 heteroatoms. The van der Waals surface area contributed by atoms with Crippen LogP contribution in [0.5, 0.6) is 0 Å². The second kappa shape index (κ2) is 5.96. The van der Waals surface area contributed by atoms with Gasteiger partial charge < -0.3 is 5.32 Å². The number of thiophene rings is 1. The van der Waals surface area contributed by atoms with Crippen LogP contribution in [0.4, 0.5) is 4.39 Å². The van der Waals surface area contributed by atoms with Crippen molar-refractivity contribution >= 4 is 22.9 Å². The van der Waals surface area contributed by atoms with Crippen LogP contribution in [-0.2, 0) is 13.1 Å². The van der Waals surface area contributed by atoms with E-state index in [2.05, 4.69) is 11.4 Å². The van der Waals surface area contributed by atoms with Crippen molar-refractivity contribution in [2.24, 2.45) is 0 Å². The number of benzene rings is 1. The predicted molar refractivity (Wildman–Crippen MR) is 71.0 cm³/mol. The quantitative estimate of drug-likeness (QED) is 0.927. The van der Waals surface area contributed by atoms with Gasteiger partial charge in [0.1, 0.15) is 11.9 Å². The fraction of sp³-hybridized carbons (Fsp3) is 0.154. The lowest BCUT2D eigenvalue weighted by molar-refractivity contribution is 0.625. The molecular formula is C13H10ClFN2S. The van der Waals surface area contributed by atoms with Crippen molar-refractivity contribution < 1.29 is 4.39 Å². The second-order valence-corrected chi connectivity index (χ2v) is 5.17. The minimum absolute atomic E-state index is 0.136. The molecule has 18 heavy (non-hydrogen) atoms. The van der Waals surface area contributed by atoms with E-state index in [1.807, 2.05) is 11.4 Å². The average Bonchev–Trinajstić information content (AvgIpc) is 2.82. The molecule has 0 aliphatic heterocycles. The molecular weight excluding hydrogens is 271 g/mol. The van der Waals surface area contributed by atoms with E-state index in [0.717, 1.165) is 10.4 Å². The van der Waals surface area contributed by atoms with Crippen LogP contribution < -0.4 is 5.32 Å². The van der Waals surface area contributed by atoms with Gasteiger partial charge in [0.2, 0.25) is 0 Å². The van der Waals surface area contributed by atoms with E-state index >= 15 is 0 Å². The Morgan fingerprint density at radius 2 is 2.17 bits per heavy atom. The highest BCUT2D eigenvalue weighted by Gasteiger charge is 2.02. The highest BCUT2D eigenvalue weighted by Crippen LogP contribution is 2.16. The summed E-state index contributed by atoms with van der Waals surface area (Å²) in [6, 6.07) is 8.62. The Hall–Kier alpha value is -1.41. The van der Waals surface area contributed by atoms with E-state index in [0.29, 0.717) is 18.7 Å². The number of hydrogen-bond acceptors (Lipinski definition) is 3. The Morgan fingerprint density at radius 3 is 2.83 bits per heavy atom. The van der Waals surface area contributed by atoms with Crippen LogP contribution in [0.15, 0.2) is 29.6 Å². The van der Waals surface area contributed by atoms with Crippen LogP contribution >= 0.6 is 22.9 Å². The van der Waals surface area contributed by atoms with Crippen LogP contribution in [0.25, 0.3) is 0 Å². The lowest BCUT2D eigenvalue weighted by atomic mass is 10.2. The van der Waals surface area contributed by atoms with Gasteiger partial charge in [-0.1, -0.05) is 17.7 Å². The third kappa shape index (κ3) is 3.30. The fourth-order valence-corrected chi connectivity index (χ4v) is 2.49. The van der Waals surface area contributed by atoms with Gasteiger partial charge in [-0.05, 0) is 23.8 Å². The van der Waals surface area contributed by atoms with Crippen LogP contribution in [0.1, 0.15) is 16.0 Å². The molecule has 0 spiro atoms. The largest absolute Gasteiger partial charge is 0.308 e. The number of nitriles is 1. The normalized spacial score (nSPS) is 10.3. The van der Waals surface area contributed by atoms with Gasteiger partial charge in [-0.3, -0.25) is 0 Å². The molecule has 0 aliphatic carbocycles. The van der Waals surface area contributed by atoms with E-state index in [1.165, 1.54) is 6.07 Å². The highest BCUT2D eigenvalue weighted by atomic mass is 35.5. The predicted octanol–water partition coefficient (Wildman–Crippen LogP) is 3.70. The molecule has 1 aromatic heterocycles. The van der Waals surface area contributed by atoms with Crippen molar-refractivity contribution in [3.63, 3.8) is 0 Å². The summed E-state index contributed by atoms with van der Waals surface area (Å²) in [7, 11) is 0.